The van der Waals surface area contributed by atoms with E-state index in [-0.39, 0.29) is 28.9 Å². The van der Waals surface area contributed by atoms with Gasteiger partial charge in [0.15, 0.2) is 11.7 Å². The van der Waals surface area contributed by atoms with Crippen LogP contribution in [-0.2, 0) is 9.59 Å². The Morgan fingerprint density at radius 3 is 2.49 bits per heavy atom. The second kappa shape index (κ2) is 15.2. The van der Waals surface area contributed by atoms with E-state index in [0.717, 1.165) is 32.1 Å². The summed E-state index contributed by atoms with van der Waals surface area (Å²) in [5.74, 6) is -0.825. The number of ether oxygens (including phenoxy) is 1. The minimum Gasteiger partial charge on any atom is -0.455 e. The van der Waals surface area contributed by atoms with Gasteiger partial charge in [-0.3, -0.25) is 19.4 Å². The zero-order valence-corrected chi connectivity index (χ0v) is 23.0. The fourth-order valence-electron chi connectivity index (χ4n) is 4.76. The average molecular weight is 563 g/mol. The maximum atomic E-state index is 13.6. The van der Waals surface area contributed by atoms with Crippen LogP contribution in [0.25, 0.3) is 0 Å². The molecule has 1 aliphatic rings. The second-order valence-corrected chi connectivity index (χ2v) is 10.2. The Balaban J connectivity index is 1.80. The van der Waals surface area contributed by atoms with Gasteiger partial charge in [-0.2, -0.15) is 5.26 Å². The molecule has 41 heavy (non-hydrogen) atoms. The Labute approximate surface area is 239 Å². The first-order valence-corrected chi connectivity index (χ1v) is 13.7. The van der Waals surface area contributed by atoms with Crippen LogP contribution in [0.15, 0.2) is 47.5 Å². The quantitative estimate of drug-likeness (QED) is 0.120. The van der Waals surface area contributed by atoms with Crippen molar-refractivity contribution in [2.75, 3.05) is 11.9 Å². The number of nitriles is 1. The number of anilines is 1. The van der Waals surface area contributed by atoms with Gasteiger partial charge in [-0.25, -0.2) is 0 Å². The summed E-state index contributed by atoms with van der Waals surface area (Å²) in [6.45, 7) is 0.344. The Hall–Kier alpha value is -4.63. The third-order valence-corrected chi connectivity index (χ3v) is 6.95. The summed E-state index contributed by atoms with van der Waals surface area (Å²) >= 11 is 0. The van der Waals surface area contributed by atoms with Crippen molar-refractivity contribution >= 4 is 29.4 Å². The molecule has 0 unspecified atom stereocenters. The lowest BCUT2D eigenvalue weighted by molar-refractivity contribution is -0.127. The molecule has 10 N–H and O–H groups in total. The average Bonchev–Trinajstić information content (AvgIpc) is 2.96. The summed E-state index contributed by atoms with van der Waals surface area (Å²) in [4.78, 5) is 42.3. The van der Waals surface area contributed by atoms with Crippen molar-refractivity contribution in [2.24, 2.45) is 33.8 Å². The number of carbonyl (C=O) groups excluding carboxylic acids is 3. The molecule has 2 aromatic rings. The number of nitrogens with two attached hydrogens (primary N) is 4. The van der Waals surface area contributed by atoms with E-state index in [9.17, 15) is 19.6 Å². The Morgan fingerprint density at radius 1 is 1.05 bits per heavy atom. The van der Waals surface area contributed by atoms with Gasteiger partial charge in [0.05, 0.1) is 23.4 Å². The summed E-state index contributed by atoms with van der Waals surface area (Å²) in [6, 6.07) is 11.2. The first-order valence-electron chi connectivity index (χ1n) is 13.7. The number of hydrogen-bond donors (Lipinski definition) is 6. The van der Waals surface area contributed by atoms with E-state index in [1.807, 2.05) is 6.07 Å². The molecule has 1 saturated carbocycles. The topological polar surface area (TPSA) is 225 Å². The van der Waals surface area contributed by atoms with Gasteiger partial charge >= 0.3 is 0 Å². The molecule has 2 aromatic carbocycles. The second-order valence-electron chi connectivity index (χ2n) is 10.2. The largest absolute Gasteiger partial charge is 0.455 e. The molecule has 0 saturated heterocycles. The van der Waals surface area contributed by atoms with Crippen LogP contribution in [0.1, 0.15) is 67.3 Å². The third kappa shape index (κ3) is 9.81. The van der Waals surface area contributed by atoms with Crippen LogP contribution in [0.5, 0.6) is 11.5 Å². The van der Waals surface area contributed by atoms with Gasteiger partial charge < -0.3 is 38.3 Å². The number of nitrogens with one attached hydrogen (secondary N) is 2. The van der Waals surface area contributed by atoms with E-state index in [0.29, 0.717) is 37.1 Å². The van der Waals surface area contributed by atoms with Crippen molar-refractivity contribution in [3.8, 4) is 17.6 Å². The van der Waals surface area contributed by atoms with Gasteiger partial charge in [0, 0.05) is 12.1 Å². The first kappa shape index (κ1) is 30.9. The molecule has 12 nitrogen and oxygen atoms in total. The van der Waals surface area contributed by atoms with Crippen molar-refractivity contribution in [3.05, 3.63) is 53.6 Å². The van der Waals surface area contributed by atoms with Crippen molar-refractivity contribution in [2.45, 2.75) is 63.5 Å². The molecule has 0 aliphatic heterocycles. The number of aliphatic imine (C=N–C) groups is 1. The molecule has 1 fully saturated rings. The number of rotatable bonds is 13. The molecular formula is C29H38N8O4. The van der Waals surface area contributed by atoms with Crippen LogP contribution in [0.3, 0.4) is 0 Å². The molecule has 0 heterocycles. The lowest BCUT2D eigenvalue weighted by atomic mass is 9.84. The highest BCUT2D eigenvalue weighted by Gasteiger charge is 2.28. The number of primary amides is 1. The van der Waals surface area contributed by atoms with Crippen molar-refractivity contribution in [3.63, 3.8) is 0 Å². The highest BCUT2D eigenvalue weighted by molar-refractivity contribution is 6.00. The molecule has 2 atom stereocenters. The molecule has 0 radical (unpaired) electrons. The molecule has 1 aliphatic carbocycles. The molecule has 3 amide bonds. The molecule has 12 heteroatoms. The number of nitrogens with zero attached hydrogens (tertiary/aromatic N) is 2. The summed E-state index contributed by atoms with van der Waals surface area (Å²) in [7, 11) is 0. The number of benzene rings is 2. The van der Waals surface area contributed by atoms with Gasteiger partial charge in [-0.05, 0) is 61.6 Å². The summed E-state index contributed by atoms with van der Waals surface area (Å²) in [6.07, 6.45) is 6.55. The van der Waals surface area contributed by atoms with Crippen LogP contribution < -0.4 is 38.3 Å². The highest BCUT2D eigenvalue weighted by Crippen LogP contribution is 2.32. The SMILES string of the molecule is N#Cc1cccc(Oc2cc(C(N)=O)ccc2NC(=O)[C@H](CC2CCCCC2)NC(=O)[C@@H](N)CCCN=C(N)N)c1. The number of amides is 3. The zero-order valence-electron chi connectivity index (χ0n) is 23.0. The van der Waals surface area contributed by atoms with Crippen LogP contribution in [0.2, 0.25) is 0 Å². The molecule has 0 aromatic heterocycles. The van der Waals surface area contributed by atoms with Gasteiger partial charge in [-0.15, -0.1) is 0 Å². The third-order valence-electron chi connectivity index (χ3n) is 6.95. The molecule has 218 valence electrons. The van der Waals surface area contributed by atoms with E-state index < -0.39 is 29.8 Å². The lowest BCUT2D eigenvalue weighted by Gasteiger charge is -2.27. The van der Waals surface area contributed by atoms with E-state index in [1.165, 1.54) is 24.3 Å². The molecule has 0 spiro atoms. The van der Waals surface area contributed by atoms with Gasteiger partial charge in [0.2, 0.25) is 17.7 Å². The summed E-state index contributed by atoms with van der Waals surface area (Å²) in [5.41, 5.74) is 23.1. The minimum atomic E-state index is -0.847. The maximum Gasteiger partial charge on any atom is 0.248 e. The van der Waals surface area contributed by atoms with E-state index in [1.54, 1.807) is 18.2 Å². The van der Waals surface area contributed by atoms with E-state index in [4.69, 9.17) is 27.7 Å². The van der Waals surface area contributed by atoms with Crippen LogP contribution in [0, 0.1) is 17.2 Å². The minimum absolute atomic E-state index is 0.0304. The van der Waals surface area contributed by atoms with E-state index >= 15 is 0 Å². The lowest BCUT2D eigenvalue weighted by Crippen LogP contribution is -2.50. The normalized spacial score (nSPS) is 14.6. The smallest absolute Gasteiger partial charge is 0.248 e. The van der Waals surface area contributed by atoms with Crippen molar-refractivity contribution < 1.29 is 19.1 Å². The zero-order chi connectivity index (χ0) is 29.8. The van der Waals surface area contributed by atoms with Gasteiger partial charge in [-0.1, -0.05) is 38.2 Å². The Bertz CT molecular complexity index is 1300. The van der Waals surface area contributed by atoms with Crippen LogP contribution in [-0.4, -0.2) is 42.3 Å². The van der Waals surface area contributed by atoms with Crippen molar-refractivity contribution in [1.82, 2.24) is 5.32 Å². The van der Waals surface area contributed by atoms with Crippen LogP contribution in [0.4, 0.5) is 5.69 Å². The fraction of sp³-hybridized carbons (Fsp3) is 0.414. The predicted octanol–water partition coefficient (Wildman–Crippen LogP) is 2.22. The molecular weight excluding hydrogens is 524 g/mol. The monoisotopic (exact) mass is 562 g/mol. The van der Waals surface area contributed by atoms with Crippen LogP contribution >= 0.6 is 0 Å². The fourth-order valence-corrected chi connectivity index (χ4v) is 4.76. The number of hydrogen-bond acceptors (Lipinski definition) is 7. The summed E-state index contributed by atoms with van der Waals surface area (Å²) < 4.78 is 5.96. The summed E-state index contributed by atoms with van der Waals surface area (Å²) in [5, 5.41) is 14.9. The maximum absolute atomic E-state index is 13.6. The Kier molecular flexibility index (Phi) is 11.5. The van der Waals surface area contributed by atoms with Gasteiger partial charge in [0.25, 0.3) is 0 Å². The molecule has 0 bridgehead atoms. The predicted molar refractivity (Wildman–Crippen MR) is 156 cm³/mol. The van der Waals surface area contributed by atoms with E-state index in [2.05, 4.69) is 15.6 Å². The van der Waals surface area contributed by atoms with Gasteiger partial charge in [0.1, 0.15) is 11.8 Å². The molecule has 3 rings (SSSR count). The standard InChI is InChI=1S/C29H38N8O4/c30-17-19-8-4-9-21(14-19)41-25-16-20(26(32)38)11-12-23(25)36-28(40)24(15-18-6-2-1-3-7-18)37-27(39)22(31)10-5-13-35-29(33)34/h4,8-9,11-12,14,16,18,22,24H,1-3,5-7,10,13,15,31H2,(H2,32,38)(H,36,40)(H,37,39)(H4,33,34,35)/t22-,24-/m0/s1. The number of carbonyl (C=O) groups is 3. The Morgan fingerprint density at radius 2 is 1.80 bits per heavy atom. The van der Waals surface area contributed by atoms with Crippen molar-refractivity contribution in [1.29, 1.82) is 5.26 Å². The highest BCUT2D eigenvalue weighted by atomic mass is 16.5. The number of guanidine groups is 1. The first-order chi connectivity index (χ1) is 19.7.